The maximum absolute atomic E-state index is 12.2. The van der Waals surface area contributed by atoms with Crippen LogP contribution in [0.25, 0.3) is 0 Å². The van der Waals surface area contributed by atoms with Gasteiger partial charge in [-0.05, 0) is 24.2 Å². The van der Waals surface area contributed by atoms with Gasteiger partial charge in [-0.1, -0.05) is 33.6 Å². The molecule has 2 aliphatic rings. The van der Waals surface area contributed by atoms with E-state index in [-0.39, 0.29) is 29.2 Å². The van der Waals surface area contributed by atoms with Gasteiger partial charge in [0.1, 0.15) is 0 Å². The highest BCUT2D eigenvalue weighted by Crippen LogP contribution is 2.38. The third kappa shape index (κ3) is 3.48. The standard InChI is InChI=1S/C15H26N2O2/c1-15(2,3)11-6-4-5-7-12(11)17-14(19)10-8-13(18)16-9-10/h10-12H,4-9H2,1-3H3,(H,16,18)(H,17,19). The molecule has 1 aliphatic heterocycles. The first-order valence-corrected chi connectivity index (χ1v) is 7.45. The summed E-state index contributed by atoms with van der Waals surface area (Å²) < 4.78 is 0. The molecule has 3 unspecified atom stereocenters. The fraction of sp³-hybridized carbons (Fsp3) is 0.867. The Balaban J connectivity index is 1.96. The second-order valence-electron chi connectivity index (χ2n) is 7.08. The number of nitrogens with one attached hydrogen (secondary N) is 2. The molecular weight excluding hydrogens is 240 g/mol. The molecule has 0 bridgehead atoms. The lowest BCUT2D eigenvalue weighted by atomic mass is 9.69. The van der Waals surface area contributed by atoms with Crippen LogP contribution in [0.1, 0.15) is 52.9 Å². The summed E-state index contributed by atoms with van der Waals surface area (Å²) in [5.41, 5.74) is 0.224. The van der Waals surface area contributed by atoms with Gasteiger partial charge in [0, 0.05) is 19.0 Å². The highest BCUT2D eigenvalue weighted by atomic mass is 16.2. The minimum atomic E-state index is -0.171. The summed E-state index contributed by atoms with van der Waals surface area (Å²) in [6, 6.07) is 0.275. The smallest absolute Gasteiger partial charge is 0.225 e. The van der Waals surface area contributed by atoms with Crippen LogP contribution in [-0.2, 0) is 9.59 Å². The molecule has 2 fully saturated rings. The van der Waals surface area contributed by atoms with Crippen LogP contribution in [-0.4, -0.2) is 24.4 Å². The Morgan fingerprint density at radius 2 is 1.95 bits per heavy atom. The quantitative estimate of drug-likeness (QED) is 0.801. The SMILES string of the molecule is CC(C)(C)C1CCCCC1NC(=O)C1CNC(=O)C1. The predicted molar refractivity (Wildman–Crippen MR) is 74.5 cm³/mol. The van der Waals surface area contributed by atoms with Crippen molar-refractivity contribution in [1.82, 2.24) is 10.6 Å². The van der Waals surface area contributed by atoms with Crippen molar-refractivity contribution in [1.29, 1.82) is 0 Å². The second-order valence-corrected chi connectivity index (χ2v) is 7.08. The molecule has 0 aromatic carbocycles. The van der Waals surface area contributed by atoms with Crippen LogP contribution in [0.4, 0.5) is 0 Å². The molecule has 1 aliphatic carbocycles. The van der Waals surface area contributed by atoms with Crippen LogP contribution in [0.15, 0.2) is 0 Å². The van der Waals surface area contributed by atoms with Gasteiger partial charge in [0.2, 0.25) is 11.8 Å². The molecular formula is C15H26N2O2. The molecule has 0 radical (unpaired) electrons. The Hall–Kier alpha value is -1.06. The maximum Gasteiger partial charge on any atom is 0.225 e. The van der Waals surface area contributed by atoms with Crippen LogP contribution in [0.5, 0.6) is 0 Å². The molecule has 0 aromatic heterocycles. The summed E-state index contributed by atoms with van der Waals surface area (Å²) >= 11 is 0. The summed E-state index contributed by atoms with van der Waals surface area (Å²) in [4.78, 5) is 23.4. The Morgan fingerprint density at radius 1 is 1.26 bits per heavy atom. The fourth-order valence-corrected chi connectivity index (χ4v) is 3.43. The van der Waals surface area contributed by atoms with Gasteiger partial charge in [-0.15, -0.1) is 0 Å². The van der Waals surface area contributed by atoms with E-state index in [1.54, 1.807) is 0 Å². The van der Waals surface area contributed by atoms with E-state index in [4.69, 9.17) is 0 Å². The van der Waals surface area contributed by atoms with Gasteiger partial charge in [-0.25, -0.2) is 0 Å². The average Bonchev–Trinajstić information content (AvgIpc) is 2.75. The molecule has 4 nitrogen and oxygen atoms in total. The molecule has 2 amide bonds. The molecule has 108 valence electrons. The van der Waals surface area contributed by atoms with Crippen LogP contribution in [0.2, 0.25) is 0 Å². The van der Waals surface area contributed by atoms with Gasteiger partial charge in [0.25, 0.3) is 0 Å². The summed E-state index contributed by atoms with van der Waals surface area (Å²) in [5, 5.41) is 5.94. The van der Waals surface area contributed by atoms with Crippen LogP contribution < -0.4 is 10.6 Å². The summed E-state index contributed by atoms with van der Waals surface area (Å²) in [6.45, 7) is 7.26. The van der Waals surface area contributed by atoms with Crippen LogP contribution in [0, 0.1) is 17.3 Å². The number of carbonyl (C=O) groups excluding carboxylic acids is 2. The minimum absolute atomic E-state index is 0.00355. The predicted octanol–water partition coefficient (Wildman–Crippen LogP) is 1.84. The molecule has 2 rings (SSSR count). The van der Waals surface area contributed by atoms with E-state index in [2.05, 4.69) is 31.4 Å². The molecule has 0 aromatic rings. The summed E-state index contributed by atoms with van der Waals surface area (Å²) in [7, 11) is 0. The Bertz CT molecular complexity index is 360. The van der Waals surface area contributed by atoms with Gasteiger partial charge in [-0.2, -0.15) is 0 Å². The third-order valence-electron chi connectivity index (χ3n) is 4.55. The number of amides is 2. The van der Waals surface area contributed by atoms with Crippen molar-refractivity contribution in [3.05, 3.63) is 0 Å². The van der Waals surface area contributed by atoms with E-state index in [1.807, 2.05) is 0 Å². The Labute approximate surface area is 115 Å². The first kappa shape index (κ1) is 14.4. The Kier molecular flexibility index (Phi) is 4.16. The second kappa shape index (κ2) is 5.51. The van der Waals surface area contributed by atoms with Gasteiger partial charge in [-0.3, -0.25) is 9.59 Å². The van der Waals surface area contributed by atoms with Crippen LogP contribution in [0.3, 0.4) is 0 Å². The van der Waals surface area contributed by atoms with Crippen molar-refractivity contribution in [2.24, 2.45) is 17.3 Å². The molecule has 1 saturated heterocycles. The number of carbonyl (C=O) groups is 2. The molecule has 2 N–H and O–H groups in total. The van der Waals surface area contributed by atoms with Crippen molar-refractivity contribution in [2.45, 2.75) is 58.9 Å². The lowest BCUT2D eigenvalue weighted by Crippen LogP contribution is -2.48. The van der Waals surface area contributed by atoms with Gasteiger partial charge < -0.3 is 10.6 Å². The van der Waals surface area contributed by atoms with E-state index in [0.29, 0.717) is 18.9 Å². The van der Waals surface area contributed by atoms with Gasteiger partial charge >= 0.3 is 0 Å². The first-order chi connectivity index (χ1) is 8.88. The molecule has 1 heterocycles. The zero-order valence-electron chi connectivity index (χ0n) is 12.3. The van der Waals surface area contributed by atoms with Gasteiger partial charge in [0.15, 0.2) is 0 Å². The number of rotatable bonds is 2. The third-order valence-corrected chi connectivity index (χ3v) is 4.55. The minimum Gasteiger partial charge on any atom is -0.355 e. The Morgan fingerprint density at radius 3 is 2.53 bits per heavy atom. The first-order valence-electron chi connectivity index (χ1n) is 7.45. The van der Waals surface area contributed by atoms with E-state index in [1.165, 1.54) is 19.3 Å². The summed E-state index contributed by atoms with van der Waals surface area (Å²) in [5.74, 6) is 0.418. The van der Waals surface area contributed by atoms with Crippen molar-refractivity contribution in [2.75, 3.05) is 6.54 Å². The lowest BCUT2D eigenvalue weighted by molar-refractivity contribution is -0.127. The molecule has 0 spiro atoms. The van der Waals surface area contributed by atoms with Crippen molar-refractivity contribution in [3.63, 3.8) is 0 Å². The van der Waals surface area contributed by atoms with Crippen molar-refractivity contribution in [3.8, 4) is 0 Å². The molecule has 3 atom stereocenters. The topological polar surface area (TPSA) is 58.2 Å². The highest BCUT2D eigenvalue weighted by Gasteiger charge is 2.37. The zero-order chi connectivity index (χ0) is 14.0. The monoisotopic (exact) mass is 266 g/mol. The zero-order valence-corrected chi connectivity index (χ0v) is 12.3. The van der Waals surface area contributed by atoms with Crippen molar-refractivity contribution >= 4 is 11.8 Å². The largest absolute Gasteiger partial charge is 0.355 e. The molecule has 4 heteroatoms. The van der Waals surface area contributed by atoms with Crippen molar-refractivity contribution < 1.29 is 9.59 Å². The van der Waals surface area contributed by atoms with E-state index in [9.17, 15) is 9.59 Å². The van der Waals surface area contributed by atoms with Gasteiger partial charge in [0.05, 0.1) is 5.92 Å². The van der Waals surface area contributed by atoms with E-state index < -0.39 is 0 Å². The maximum atomic E-state index is 12.2. The lowest BCUT2D eigenvalue weighted by Gasteiger charge is -2.41. The van der Waals surface area contributed by atoms with E-state index in [0.717, 1.165) is 6.42 Å². The highest BCUT2D eigenvalue weighted by molar-refractivity contribution is 5.89. The molecule has 1 saturated carbocycles. The fourth-order valence-electron chi connectivity index (χ4n) is 3.43. The normalized spacial score (nSPS) is 31.9. The number of hydrogen-bond acceptors (Lipinski definition) is 2. The average molecular weight is 266 g/mol. The summed E-state index contributed by atoms with van der Waals surface area (Å²) in [6.07, 6.45) is 5.06. The van der Waals surface area contributed by atoms with Crippen LogP contribution >= 0.6 is 0 Å². The van der Waals surface area contributed by atoms with E-state index >= 15 is 0 Å². The molecule has 19 heavy (non-hydrogen) atoms. The number of hydrogen-bond donors (Lipinski definition) is 2.